The molecule has 0 aromatic rings. The Labute approximate surface area is 111 Å². The van der Waals surface area contributed by atoms with Crippen molar-refractivity contribution in [2.75, 3.05) is 31.1 Å². The minimum absolute atomic E-state index is 0.288. The quantitative estimate of drug-likeness (QED) is 0.841. The highest BCUT2D eigenvalue weighted by Crippen LogP contribution is 2.43. The Morgan fingerprint density at radius 1 is 1.35 bits per heavy atom. The van der Waals surface area contributed by atoms with Gasteiger partial charge in [0.2, 0.25) is 0 Å². The molecule has 0 amide bonds. The second kappa shape index (κ2) is 5.10. The fourth-order valence-electron chi connectivity index (χ4n) is 3.57. The molecular weight excluding hydrogens is 228 g/mol. The predicted octanol–water partition coefficient (Wildman–Crippen LogP) is 2.58. The van der Waals surface area contributed by atoms with Gasteiger partial charge in [0, 0.05) is 24.4 Å². The molecule has 2 saturated heterocycles. The van der Waals surface area contributed by atoms with Crippen LogP contribution in [0.15, 0.2) is 0 Å². The Morgan fingerprint density at radius 2 is 2.12 bits per heavy atom. The maximum absolute atomic E-state index is 6.17. The SMILES string of the molecule is CCC1CCN(C2(CN)CSCC(C)(C)C2)C1. The van der Waals surface area contributed by atoms with E-state index in [4.69, 9.17) is 5.73 Å². The molecule has 2 aliphatic heterocycles. The van der Waals surface area contributed by atoms with Gasteiger partial charge in [-0.2, -0.15) is 11.8 Å². The van der Waals surface area contributed by atoms with E-state index in [0.29, 0.717) is 5.41 Å². The molecule has 100 valence electrons. The lowest BCUT2D eigenvalue weighted by Gasteiger charge is -2.49. The second-order valence-electron chi connectivity index (χ2n) is 6.77. The number of nitrogens with two attached hydrogens (primary N) is 1. The molecule has 0 aromatic heterocycles. The average Bonchev–Trinajstić information content (AvgIpc) is 2.76. The maximum atomic E-state index is 6.17. The maximum Gasteiger partial charge on any atom is 0.0427 e. The van der Waals surface area contributed by atoms with E-state index in [1.54, 1.807) is 0 Å². The first kappa shape index (κ1) is 13.7. The third kappa shape index (κ3) is 2.82. The van der Waals surface area contributed by atoms with Crippen molar-refractivity contribution in [1.82, 2.24) is 4.90 Å². The van der Waals surface area contributed by atoms with Crippen LogP contribution >= 0.6 is 11.8 Å². The van der Waals surface area contributed by atoms with Crippen molar-refractivity contribution in [3.8, 4) is 0 Å². The van der Waals surface area contributed by atoms with Gasteiger partial charge in [0.25, 0.3) is 0 Å². The van der Waals surface area contributed by atoms with Gasteiger partial charge in [-0.15, -0.1) is 0 Å². The van der Waals surface area contributed by atoms with Crippen molar-refractivity contribution in [2.45, 2.75) is 45.6 Å². The average molecular weight is 256 g/mol. The molecular formula is C14H28N2S. The summed E-state index contributed by atoms with van der Waals surface area (Å²) in [7, 11) is 0. The van der Waals surface area contributed by atoms with Gasteiger partial charge >= 0.3 is 0 Å². The van der Waals surface area contributed by atoms with Gasteiger partial charge in [-0.3, -0.25) is 4.90 Å². The van der Waals surface area contributed by atoms with Crippen LogP contribution in [0.4, 0.5) is 0 Å². The standard InChI is InChI=1S/C14H28N2S/c1-4-12-5-6-16(7-12)14(9-15)8-13(2,3)10-17-11-14/h12H,4-11,15H2,1-3H3. The van der Waals surface area contributed by atoms with Crippen molar-refractivity contribution in [1.29, 1.82) is 0 Å². The molecule has 17 heavy (non-hydrogen) atoms. The fraction of sp³-hybridized carbons (Fsp3) is 1.00. The zero-order valence-electron chi connectivity index (χ0n) is 11.7. The van der Waals surface area contributed by atoms with Crippen LogP contribution in [0.5, 0.6) is 0 Å². The molecule has 2 N–H and O–H groups in total. The van der Waals surface area contributed by atoms with Crippen molar-refractivity contribution < 1.29 is 0 Å². The molecule has 0 aliphatic carbocycles. The molecule has 2 rings (SSSR count). The summed E-state index contributed by atoms with van der Waals surface area (Å²) in [6, 6.07) is 0. The summed E-state index contributed by atoms with van der Waals surface area (Å²) in [6.45, 7) is 10.5. The van der Waals surface area contributed by atoms with Crippen LogP contribution in [0.25, 0.3) is 0 Å². The molecule has 2 nitrogen and oxygen atoms in total. The molecule has 0 spiro atoms. The monoisotopic (exact) mass is 256 g/mol. The lowest BCUT2D eigenvalue weighted by Crippen LogP contribution is -2.59. The molecule has 3 heteroatoms. The van der Waals surface area contributed by atoms with E-state index < -0.39 is 0 Å². The van der Waals surface area contributed by atoms with E-state index in [0.717, 1.165) is 12.5 Å². The lowest BCUT2D eigenvalue weighted by molar-refractivity contribution is 0.0879. The van der Waals surface area contributed by atoms with Gasteiger partial charge in [0.05, 0.1) is 0 Å². The van der Waals surface area contributed by atoms with E-state index in [2.05, 4.69) is 37.4 Å². The highest BCUT2D eigenvalue weighted by atomic mass is 32.2. The third-order valence-corrected chi connectivity index (χ3v) is 6.31. The van der Waals surface area contributed by atoms with Crippen LogP contribution in [-0.4, -0.2) is 41.6 Å². The van der Waals surface area contributed by atoms with Gasteiger partial charge in [0.1, 0.15) is 0 Å². The number of thioether (sulfide) groups is 1. The number of nitrogens with zero attached hydrogens (tertiary/aromatic N) is 1. The molecule has 0 saturated carbocycles. The van der Waals surface area contributed by atoms with Crippen LogP contribution < -0.4 is 5.73 Å². The van der Waals surface area contributed by atoms with Crippen molar-refractivity contribution in [2.24, 2.45) is 17.1 Å². The van der Waals surface area contributed by atoms with Crippen LogP contribution in [0.1, 0.15) is 40.0 Å². The first-order valence-corrected chi connectivity index (χ1v) is 8.20. The summed E-state index contributed by atoms with van der Waals surface area (Å²) >= 11 is 2.11. The van der Waals surface area contributed by atoms with Crippen molar-refractivity contribution in [3.63, 3.8) is 0 Å². The molecule has 2 fully saturated rings. The highest BCUT2D eigenvalue weighted by molar-refractivity contribution is 7.99. The van der Waals surface area contributed by atoms with E-state index in [9.17, 15) is 0 Å². The Balaban J connectivity index is 2.09. The summed E-state index contributed by atoms with van der Waals surface area (Å²) in [6.07, 6.45) is 3.98. The minimum atomic E-state index is 0.288. The second-order valence-corrected chi connectivity index (χ2v) is 7.76. The van der Waals surface area contributed by atoms with Gasteiger partial charge < -0.3 is 5.73 Å². The smallest absolute Gasteiger partial charge is 0.0427 e. The Morgan fingerprint density at radius 3 is 2.65 bits per heavy atom. The van der Waals surface area contributed by atoms with Crippen LogP contribution in [0.2, 0.25) is 0 Å². The van der Waals surface area contributed by atoms with Crippen LogP contribution in [0, 0.1) is 11.3 Å². The lowest BCUT2D eigenvalue weighted by atomic mass is 9.79. The number of rotatable bonds is 3. The van der Waals surface area contributed by atoms with E-state index in [1.807, 2.05) is 0 Å². The minimum Gasteiger partial charge on any atom is -0.329 e. The topological polar surface area (TPSA) is 29.3 Å². The van der Waals surface area contributed by atoms with E-state index in [1.165, 1.54) is 43.9 Å². The van der Waals surface area contributed by atoms with Gasteiger partial charge in [-0.05, 0) is 36.5 Å². The fourth-order valence-corrected chi connectivity index (χ4v) is 5.11. The van der Waals surface area contributed by atoms with Gasteiger partial charge in [0.15, 0.2) is 0 Å². The Hall–Kier alpha value is 0.270. The number of hydrogen-bond acceptors (Lipinski definition) is 3. The van der Waals surface area contributed by atoms with Gasteiger partial charge in [-0.1, -0.05) is 27.2 Å². The van der Waals surface area contributed by atoms with Crippen molar-refractivity contribution >= 4 is 11.8 Å². The molecule has 2 atom stereocenters. The highest BCUT2D eigenvalue weighted by Gasteiger charge is 2.45. The van der Waals surface area contributed by atoms with Crippen LogP contribution in [0.3, 0.4) is 0 Å². The van der Waals surface area contributed by atoms with E-state index >= 15 is 0 Å². The summed E-state index contributed by atoms with van der Waals surface area (Å²) < 4.78 is 0. The Kier molecular flexibility index (Phi) is 4.11. The third-order valence-electron chi connectivity index (χ3n) is 4.59. The molecule has 0 radical (unpaired) electrons. The Bertz CT molecular complexity index is 267. The summed E-state index contributed by atoms with van der Waals surface area (Å²) in [4.78, 5) is 2.72. The number of hydrogen-bond donors (Lipinski definition) is 1. The molecule has 2 heterocycles. The molecule has 0 aromatic carbocycles. The van der Waals surface area contributed by atoms with Crippen molar-refractivity contribution in [3.05, 3.63) is 0 Å². The first-order valence-electron chi connectivity index (χ1n) is 7.04. The molecule has 2 unspecified atom stereocenters. The zero-order chi connectivity index (χ0) is 12.5. The van der Waals surface area contributed by atoms with Crippen LogP contribution in [-0.2, 0) is 0 Å². The molecule has 0 bridgehead atoms. The summed E-state index contributed by atoms with van der Waals surface area (Å²) in [5.41, 5.74) is 6.91. The summed E-state index contributed by atoms with van der Waals surface area (Å²) in [5.74, 6) is 3.44. The normalized spacial score (nSPS) is 38.5. The first-order chi connectivity index (χ1) is 8.01. The predicted molar refractivity (Wildman–Crippen MR) is 77.5 cm³/mol. The number of likely N-dealkylation sites (tertiary alicyclic amines) is 1. The van der Waals surface area contributed by atoms with Gasteiger partial charge in [-0.25, -0.2) is 0 Å². The summed E-state index contributed by atoms with van der Waals surface area (Å²) in [5, 5.41) is 0. The van der Waals surface area contributed by atoms with E-state index in [-0.39, 0.29) is 5.54 Å². The largest absolute Gasteiger partial charge is 0.329 e. The zero-order valence-corrected chi connectivity index (χ0v) is 12.5. The molecule has 2 aliphatic rings.